The molecule has 1 aliphatic rings. The van der Waals surface area contributed by atoms with E-state index in [1.807, 2.05) is 26.8 Å². The predicted octanol–water partition coefficient (Wildman–Crippen LogP) is 5.89. The average molecular weight is 521 g/mol. The average Bonchev–Trinajstić information content (AvgIpc) is 3.10. The Morgan fingerprint density at radius 2 is 1.63 bits per heavy atom. The van der Waals surface area contributed by atoms with E-state index in [2.05, 4.69) is 12.2 Å². The van der Waals surface area contributed by atoms with Gasteiger partial charge in [0.25, 0.3) is 0 Å². The molecule has 0 heterocycles. The van der Waals surface area contributed by atoms with Gasteiger partial charge in [-0.15, -0.1) is 0 Å². The molecule has 1 amide bonds. The second-order valence-electron chi connectivity index (χ2n) is 10.4. The zero-order valence-corrected chi connectivity index (χ0v) is 23.0. The van der Waals surface area contributed by atoms with E-state index >= 15 is 0 Å². The lowest BCUT2D eigenvalue weighted by Gasteiger charge is -2.30. The van der Waals surface area contributed by atoms with Gasteiger partial charge in [0.1, 0.15) is 12.4 Å². The van der Waals surface area contributed by atoms with Crippen LogP contribution in [0.1, 0.15) is 117 Å². The lowest BCUT2D eigenvalue weighted by molar-refractivity contribution is -0.123. The first-order valence-corrected chi connectivity index (χ1v) is 13.7. The van der Waals surface area contributed by atoms with Gasteiger partial charge in [-0.25, -0.2) is 0 Å². The van der Waals surface area contributed by atoms with Crippen molar-refractivity contribution >= 4 is 28.9 Å². The SMILES string of the molecule is CCCCCC(=O)COc1cc(C(C)C)ccc1C1(NC(=O)CCCCC)C(=O)c2cccc(N)c2C1=O. The molecule has 0 saturated carbocycles. The van der Waals surface area contributed by atoms with E-state index in [4.69, 9.17) is 10.5 Å². The third kappa shape index (κ3) is 5.98. The van der Waals surface area contributed by atoms with Crippen LogP contribution in [-0.2, 0) is 15.1 Å². The fourth-order valence-corrected chi connectivity index (χ4v) is 4.87. The van der Waals surface area contributed by atoms with Gasteiger partial charge < -0.3 is 15.8 Å². The van der Waals surface area contributed by atoms with E-state index in [-0.39, 0.29) is 52.9 Å². The summed E-state index contributed by atoms with van der Waals surface area (Å²) in [6.07, 6.45) is 5.73. The molecule has 3 rings (SSSR count). The number of amides is 1. The maximum absolute atomic E-state index is 14.1. The minimum Gasteiger partial charge on any atom is -0.485 e. The molecule has 1 unspecified atom stereocenters. The molecule has 38 heavy (non-hydrogen) atoms. The van der Waals surface area contributed by atoms with E-state index in [0.717, 1.165) is 37.7 Å². The minimum absolute atomic E-state index is 0.0615. The maximum atomic E-state index is 14.1. The molecule has 3 N–H and O–H groups in total. The number of benzene rings is 2. The standard InChI is InChI=1S/C31H40N2O5/c1-5-7-9-12-22(34)19-38-26-18-21(20(3)4)16-17-24(26)31(33-27(35)15-10-8-6-2)29(36)23-13-11-14-25(32)28(23)30(31)37/h11,13-14,16-18,20H,5-10,12,15,19,32H2,1-4H3,(H,33,35). The molecule has 0 aliphatic heterocycles. The fourth-order valence-electron chi connectivity index (χ4n) is 4.87. The number of carbonyl (C=O) groups is 4. The Labute approximate surface area is 225 Å². The maximum Gasteiger partial charge on any atom is 0.221 e. The first-order valence-electron chi connectivity index (χ1n) is 13.7. The molecule has 0 radical (unpaired) electrons. The summed E-state index contributed by atoms with van der Waals surface area (Å²) in [7, 11) is 0. The molecule has 7 nitrogen and oxygen atoms in total. The van der Waals surface area contributed by atoms with Gasteiger partial charge in [0.15, 0.2) is 11.3 Å². The summed E-state index contributed by atoms with van der Waals surface area (Å²) in [6, 6.07) is 9.99. The summed E-state index contributed by atoms with van der Waals surface area (Å²) < 4.78 is 6.03. The lowest BCUT2D eigenvalue weighted by Crippen LogP contribution is -2.54. The van der Waals surface area contributed by atoms with Crippen molar-refractivity contribution in [2.24, 2.45) is 0 Å². The third-order valence-corrected chi connectivity index (χ3v) is 7.11. The topological polar surface area (TPSA) is 116 Å². The Morgan fingerprint density at radius 3 is 2.26 bits per heavy atom. The Kier molecular flexibility index (Phi) is 9.84. The molecule has 2 aromatic carbocycles. The van der Waals surface area contributed by atoms with Crippen molar-refractivity contribution in [2.75, 3.05) is 12.3 Å². The number of anilines is 1. The lowest BCUT2D eigenvalue weighted by atomic mass is 9.82. The molecular formula is C31H40N2O5. The number of nitrogens with one attached hydrogen (secondary N) is 1. The van der Waals surface area contributed by atoms with Gasteiger partial charge in [-0.2, -0.15) is 0 Å². The number of hydrogen-bond acceptors (Lipinski definition) is 6. The fraction of sp³-hybridized carbons (Fsp3) is 0.484. The Hall–Kier alpha value is -3.48. The first-order chi connectivity index (χ1) is 18.2. The highest BCUT2D eigenvalue weighted by molar-refractivity contribution is 6.35. The molecule has 1 aliphatic carbocycles. The zero-order valence-electron chi connectivity index (χ0n) is 23.0. The number of hydrogen-bond donors (Lipinski definition) is 2. The molecule has 0 aromatic heterocycles. The van der Waals surface area contributed by atoms with Crippen LogP contribution in [0.3, 0.4) is 0 Å². The van der Waals surface area contributed by atoms with Crippen LogP contribution in [0.4, 0.5) is 5.69 Å². The number of fused-ring (bicyclic) bond motifs is 1. The van der Waals surface area contributed by atoms with E-state index < -0.39 is 23.0 Å². The van der Waals surface area contributed by atoms with Crippen LogP contribution < -0.4 is 15.8 Å². The summed E-state index contributed by atoms with van der Waals surface area (Å²) in [5.74, 6) is -1.23. The van der Waals surface area contributed by atoms with Crippen molar-refractivity contribution in [3.63, 3.8) is 0 Å². The van der Waals surface area contributed by atoms with Crippen LogP contribution in [0.15, 0.2) is 36.4 Å². The van der Waals surface area contributed by atoms with Crippen LogP contribution in [0.5, 0.6) is 5.75 Å². The number of Topliss-reactive ketones (excluding diaryl/α,β-unsaturated/α-hetero) is 3. The molecule has 0 saturated heterocycles. The number of nitrogens with two attached hydrogens (primary N) is 1. The normalized spacial score (nSPS) is 16.6. The van der Waals surface area contributed by atoms with Crippen LogP contribution >= 0.6 is 0 Å². The highest BCUT2D eigenvalue weighted by Gasteiger charge is 2.57. The zero-order chi connectivity index (χ0) is 27.9. The van der Waals surface area contributed by atoms with Crippen molar-refractivity contribution in [1.82, 2.24) is 5.32 Å². The summed E-state index contributed by atoms with van der Waals surface area (Å²) in [4.78, 5) is 53.8. The van der Waals surface area contributed by atoms with Crippen LogP contribution in [0.25, 0.3) is 0 Å². The van der Waals surface area contributed by atoms with E-state index in [1.54, 1.807) is 30.3 Å². The second kappa shape index (κ2) is 12.9. The molecule has 0 spiro atoms. The number of carbonyl (C=O) groups excluding carboxylic acids is 4. The van der Waals surface area contributed by atoms with E-state index in [1.165, 1.54) is 0 Å². The van der Waals surface area contributed by atoms with E-state index in [0.29, 0.717) is 12.8 Å². The van der Waals surface area contributed by atoms with Crippen molar-refractivity contribution in [3.8, 4) is 5.75 Å². The first kappa shape index (κ1) is 29.1. The molecule has 2 aromatic rings. The quantitative estimate of drug-likeness (QED) is 0.182. The van der Waals surface area contributed by atoms with Gasteiger partial charge in [0.05, 0.1) is 5.56 Å². The molecule has 7 heteroatoms. The summed E-state index contributed by atoms with van der Waals surface area (Å²) >= 11 is 0. The van der Waals surface area contributed by atoms with Crippen molar-refractivity contribution in [1.29, 1.82) is 0 Å². The summed E-state index contributed by atoms with van der Waals surface area (Å²) in [5, 5.41) is 2.80. The smallest absolute Gasteiger partial charge is 0.221 e. The van der Waals surface area contributed by atoms with Crippen LogP contribution in [0.2, 0.25) is 0 Å². The number of rotatable bonds is 14. The van der Waals surface area contributed by atoms with Crippen molar-refractivity contribution in [2.45, 2.75) is 90.5 Å². The van der Waals surface area contributed by atoms with Crippen molar-refractivity contribution in [3.05, 3.63) is 58.7 Å². The van der Waals surface area contributed by atoms with Gasteiger partial charge in [-0.05, 0) is 36.5 Å². The predicted molar refractivity (Wildman–Crippen MR) is 149 cm³/mol. The molecular weight excluding hydrogens is 480 g/mol. The molecule has 204 valence electrons. The number of unbranched alkanes of at least 4 members (excludes halogenated alkanes) is 4. The summed E-state index contributed by atoms with van der Waals surface area (Å²) in [5.41, 5.74) is 5.71. The second-order valence-corrected chi connectivity index (χ2v) is 10.4. The van der Waals surface area contributed by atoms with Gasteiger partial charge in [-0.1, -0.05) is 77.6 Å². The minimum atomic E-state index is -2.02. The Balaban J connectivity index is 2.10. The highest BCUT2D eigenvalue weighted by Crippen LogP contribution is 2.44. The number of ketones is 3. The monoisotopic (exact) mass is 520 g/mol. The van der Waals surface area contributed by atoms with Crippen LogP contribution in [0, 0.1) is 0 Å². The molecule has 0 bridgehead atoms. The number of ether oxygens (including phenoxy) is 1. The van der Waals surface area contributed by atoms with Gasteiger partial charge in [-0.3, -0.25) is 19.2 Å². The molecule has 0 fully saturated rings. The van der Waals surface area contributed by atoms with Gasteiger partial charge in [0, 0.05) is 29.7 Å². The highest BCUT2D eigenvalue weighted by atomic mass is 16.5. The van der Waals surface area contributed by atoms with Gasteiger partial charge >= 0.3 is 0 Å². The van der Waals surface area contributed by atoms with Gasteiger partial charge in [0.2, 0.25) is 17.5 Å². The Bertz CT molecular complexity index is 1200. The Morgan fingerprint density at radius 1 is 0.947 bits per heavy atom. The number of nitrogen functional groups attached to an aromatic ring is 1. The van der Waals surface area contributed by atoms with Crippen molar-refractivity contribution < 1.29 is 23.9 Å². The van der Waals surface area contributed by atoms with Crippen LogP contribution in [-0.4, -0.2) is 29.9 Å². The van der Waals surface area contributed by atoms with E-state index in [9.17, 15) is 19.2 Å². The molecule has 1 atom stereocenters. The third-order valence-electron chi connectivity index (χ3n) is 7.11. The summed E-state index contributed by atoms with van der Waals surface area (Å²) in [6.45, 7) is 7.95. The largest absolute Gasteiger partial charge is 0.485 e.